The fourth-order valence-corrected chi connectivity index (χ4v) is 1.87. The van der Waals surface area contributed by atoms with Gasteiger partial charge in [0.25, 0.3) is 5.91 Å². The van der Waals surface area contributed by atoms with Crippen molar-refractivity contribution >= 4 is 23.3 Å². The van der Waals surface area contributed by atoms with Crippen LogP contribution in [0.5, 0.6) is 0 Å². The molecule has 0 unspecified atom stereocenters. The highest BCUT2D eigenvalue weighted by molar-refractivity contribution is 6.33. The molecule has 1 amide bonds. The van der Waals surface area contributed by atoms with E-state index in [9.17, 15) is 4.79 Å². The third-order valence-electron chi connectivity index (χ3n) is 3.71. The maximum absolute atomic E-state index is 12.4. The molecule has 0 fully saturated rings. The third kappa shape index (κ3) is 3.85. The van der Waals surface area contributed by atoms with Gasteiger partial charge >= 0.3 is 0 Å². The Kier molecular flexibility index (Phi) is 5.81. The zero-order valence-electron chi connectivity index (χ0n) is 13.0. The van der Waals surface area contributed by atoms with E-state index in [1.807, 2.05) is 20.9 Å². The molecule has 1 N–H and O–H groups in total. The van der Waals surface area contributed by atoms with Crippen LogP contribution >= 0.6 is 11.6 Å². The Morgan fingerprint density at radius 2 is 2.10 bits per heavy atom. The van der Waals surface area contributed by atoms with Crippen molar-refractivity contribution in [1.82, 2.24) is 9.88 Å². The highest BCUT2D eigenvalue weighted by Gasteiger charge is 2.26. The fraction of sp³-hybridized carbons (Fsp3) is 0.600. The summed E-state index contributed by atoms with van der Waals surface area (Å²) in [7, 11) is 1.81. The van der Waals surface area contributed by atoms with Crippen molar-refractivity contribution in [2.24, 2.45) is 0 Å². The highest BCUT2D eigenvalue weighted by atomic mass is 35.5. The minimum absolute atomic E-state index is 0.0618. The summed E-state index contributed by atoms with van der Waals surface area (Å²) in [5.41, 5.74) is 0.323. The van der Waals surface area contributed by atoms with Crippen molar-refractivity contribution in [2.45, 2.75) is 46.1 Å². The number of anilines is 1. The van der Waals surface area contributed by atoms with Crippen molar-refractivity contribution in [3.8, 4) is 0 Å². The molecule has 1 rings (SSSR count). The predicted octanol–water partition coefficient (Wildman–Crippen LogP) is 3.82. The number of hydrogen-bond acceptors (Lipinski definition) is 3. The minimum atomic E-state index is -0.192. The first-order chi connectivity index (χ1) is 9.33. The molecule has 1 aromatic heterocycles. The van der Waals surface area contributed by atoms with E-state index in [1.54, 1.807) is 17.2 Å². The largest absolute Gasteiger partial charge is 0.369 e. The summed E-state index contributed by atoms with van der Waals surface area (Å²) in [5.74, 6) is 0.566. The van der Waals surface area contributed by atoms with Gasteiger partial charge in [-0.2, -0.15) is 0 Å². The summed E-state index contributed by atoms with van der Waals surface area (Å²) in [6, 6.07) is 1.68. The molecule has 0 aliphatic heterocycles. The number of nitrogens with zero attached hydrogens (tertiary/aromatic N) is 2. The molecule has 0 bridgehead atoms. The molecule has 1 heterocycles. The van der Waals surface area contributed by atoms with E-state index in [0.717, 1.165) is 19.4 Å². The molecule has 1 aromatic rings. The average molecular weight is 298 g/mol. The second-order valence-corrected chi connectivity index (χ2v) is 5.92. The van der Waals surface area contributed by atoms with Gasteiger partial charge in [0.1, 0.15) is 5.82 Å². The summed E-state index contributed by atoms with van der Waals surface area (Å²) in [6.07, 6.45) is 3.45. The Labute approximate surface area is 126 Å². The lowest BCUT2D eigenvalue weighted by Crippen LogP contribution is -2.44. The lowest BCUT2D eigenvalue weighted by atomic mass is 9.99. The zero-order valence-corrected chi connectivity index (χ0v) is 13.7. The maximum atomic E-state index is 12.4. The van der Waals surface area contributed by atoms with Crippen molar-refractivity contribution in [3.63, 3.8) is 0 Å². The van der Waals surface area contributed by atoms with Crippen LogP contribution in [0.2, 0.25) is 5.02 Å². The molecule has 0 spiro atoms. The van der Waals surface area contributed by atoms with Gasteiger partial charge in [-0.3, -0.25) is 4.79 Å². The van der Waals surface area contributed by atoms with Crippen LogP contribution in [0.4, 0.5) is 5.82 Å². The molecular weight excluding hydrogens is 274 g/mol. The highest BCUT2D eigenvalue weighted by Crippen LogP contribution is 2.23. The molecule has 0 aliphatic carbocycles. The number of carbonyl (C=O) groups excluding carboxylic acids is 1. The molecule has 0 aromatic carbocycles. The Bertz CT molecular complexity index is 474. The zero-order chi connectivity index (χ0) is 15.3. The van der Waals surface area contributed by atoms with Gasteiger partial charge in [-0.25, -0.2) is 4.98 Å². The fourth-order valence-electron chi connectivity index (χ4n) is 1.63. The number of aromatic nitrogens is 1. The lowest BCUT2D eigenvalue weighted by molar-refractivity contribution is 0.0620. The molecule has 0 saturated carbocycles. The molecule has 4 nitrogen and oxygen atoms in total. The molecule has 0 atom stereocenters. The van der Waals surface area contributed by atoms with Crippen LogP contribution < -0.4 is 5.32 Å². The number of amides is 1. The van der Waals surface area contributed by atoms with Gasteiger partial charge in [0.05, 0.1) is 10.6 Å². The number of rotatable bonds is 6. The van der Waals surface area contributed by atoms with Crippen LogP contribution in [0.25, 0.3) is 0 Å². The first-order valence-electron chi connectivity index (χ1n) is 7.01. The van der Waals surface area contributed by atoms with E-state index in [1.165, 1.54) is 0 Å². The Hall–Kier alpha value is -1.29. The van der Waals surface area contributed by atoms with Gasteiger partial charge in [-0.05, 0) is 32.8 Å². The molecule has 0 aliphatic rings. The normalized spacial score (nSPS) is 11.3. The van der Waals surface area contributed by atoms with E-state index in [4.69, 9.17) is 11.6 Å². The first kappa shape index (κ1) is 16.8. The van der Waals surface area contributed by atoms with Crippen LogP contribution in [0.1, 0.15) is 50.9 Å². The van der Waals surface area contributed by atoms with Gasteiger partial charge in [-0.1, -0.05) is 25.4 Å². The van der Waals surface area contributed by atoms with Crippen LogP contribution in [0, 0.1) is 0 Å². The number of pyridine rings is 1. The number of nitrogens with one attached hydrogen (secondary N) is 1. The second kappa shape index (κ2) is 6.93. The Morgan fingerprint density at radius 3 is 2.60 bits per heavy atom. The lowest BCUT2D eigenvalue weighted by Gasteiger charge is -2.34. The number of carbonyl (C=O) groups is 1. The monoisotopic (exact) mass is 297 g/mol. The van der Waals surface area contributed by atoms with E-state index in [-0.39, 0.29) is 11.4 Å². The van der Waals surface area contributed by atoms with E-state index < -0.39 is 0 Å². The van der Waals surface area contributed by atoms with E-state index in [0.29, 0.717) is 16.4 Å². The second-order valence-electron chi connectivity index (χ2n) is 5.51. The molecule has 0 radical (unpaired) electrons. The smallest absolute Gasteiger partial charge is 0.255 e. The minimum Gasteiger partial charge on any atom is -0.369 e. The summed E-state index contributed by atoms with van der Waals surface area (Å²) in [6.45, 7) is 9.02. The predicted molar refractivity (Wildman–Crippen MR) is 84.5 cm³/mol. The average Bonchev–Trinajstić information content (AvgIpc) is 2.44. The third-order valence-corrected chi connectivity index (χ3v) is 4.00. The van der Waals surface area contributed by atoms with Crippen LogP contribution in [0.15, 0.2) is 12.3 Å². The van der Waals surface area contributed by atoms with E-state index >= 15 is 0 Å². The van der Waals surface area contributed by atoms with Gasteiger partial charge in [0.2, 0.25) is 0 Å². The number of hydrogen-bond donors (Lipinski definition) is 1. The van der Waals surface area contributed by atoms with Gasteiger partial charge < -0.3 is 10.2 Å². The molecule has 5 heteroatoms. The van der Waals surface area contributed by atoms with Gasteiger partial charge in [0.15, 0.2) is 0 Å². The molecule has 112 valence electrons. The summed E-state index contributed by atoms with van der Waals surface area (Å²) in [4.78, 5) is 18.4. The standard InChI is InChI=1S/C15H24ClN3O/c1-6-8-17-13-12(16)9-11(10-18-13)14(20)19(5)15(3,4)7-2/h9-10H,6-8H2,1-5H3,(H,17,18). The van der Waals surface area contributed by atoms with E-state index in [2.05, 4.69) is 24.1 Å². The van der Waals surface area contributed by atoms with Gasteiger partial charge in [0, 0.05) is 25.3 Å². The topological polar surface area (TPSA) is 45.2 Å². The van der Waals surface area contributed by atoms with Crippen molar-refractivity contribution in [3.05, 3.63) is 22.8 Å². The van der Waals surface area contributed by atoms with Gasteiger partial charge in [-0.15, -0.1) is 0 Å². The van der Waals surface area contributed by atoms with Crippen LogP contribution in [-0.4, -0.2) is 34.9 Å². The first-order valence-corrected chi connectivity index (χ1v) is 7.38. The van der Waals surface area contributed by atoms with Crippen LogP contribution in [-0.2, 0) is 0 Å². The Balaban J connectivity index is 2.92. The molecule has 0 saturated heterocycles. The molecular formula is C15H24ClN3O. The number of halogens is 1. The van der Waals surface area contributed by atoms with Crippen molar-refractivity contribution < 1.29 is 4.79 Å². The SMILES string of the molecule is CCCNc1ncc(C(=O)N(C)C(C)(C)CC)cc1Cl. The van der Waals surface area contributed by atoms with Crippen LogP contribution in [0.3, 0.4) is 0 Å². The maximum Gasteiger partial charge on any atom is 0.255 e. The Morgan fingerprint density at radius 1 is 1.45 bits per heavy atom. The van der Waals surface area contributed by atoms with Crippen molar-refractivity contribution in [1.29, 1.82) is 0 Å². The summed E-state index contributed by atoms with van der Waals surface area (Å²) < 4.78 is 0. The quantitative estimate of drug-likeness (QED) is 0.868. The molecule has 20 heavy (non-hydrogen) atoms. The summed E-state index contributed by atoms with van der Waals surface area (Å²) in [5, 5.41) is 3.61. The van der Waals surface area contributed by atoms with Crippen molar-refractivity contribution in [2.75, 3.05) is 18.9 Å². The summed E-state index contributed by atoms with van der Waals surface area (Å²) >= 11 is 6.17.